The summed E-state index contributed by atoms with van der Waals surface area (Å²) in [6, 6.07) is 7.29. The standard InChI is InChI=1S/C13H17BrN2O2S/c1-18-8-7-16(6-5-12(15)19)13(17)10-3-2-4-11(14)9-10/h2-4,9H,5-8H2,1H3,(H2,15,19). The summed E-state index contributed by atoms with van der Waals surface area (Å²) in [5.41, 5.74) is 6.12. The molecule has 104 valence electrons. The van der Waals surface area contributed by atoms with Crippen molar-refractivity contribution in [1.29, 1.82) is 0 Å². The fourth-order valence-corrected chi connectivity index (χ4v) is 2.06. The van der Waals surface area contributed by atoms with Gasteiger partial charge in [0.1, 0.15) is 0 Å². The van der Waals surface area contributed by atoms with Gasteiger partial charge in [-0.15, -0.1) is 0 Å². The van der Waals surface area contributed by atoms with Crippen molar-refractivity contribution < 1.29 is 9.53 Å². The van der Waals surface area contributed by atoms with E-state index in [9.17, 15) is 4.79 Å². The van der Waals surface area contributed by atoms with Crippen LogP contribution in [0.4, 0.5) is 0 Å². The van der Waals surface area contributed by atoms with Crippen LogP contribution < -0.4 is 5.73 Å². The zero-order valence-corrected chi connectivity index (χ0v) is 13.2. The molecule has 0 aromatic heterocycles. The zero-order chi connectivity index (χ0) is 14.3. The largest absolute Gasteiger partial charge is 0.393 e. The number of halogens is 1. The minimum atomic E-state index is -0.0467. The van der Waals surface area contributed by atoms with Crippen LogP contribution in [-0.2, 0) is 4.74 Å². The van der Waals surface area contributed by atoms with E-state index < -0.39 is 0 Å². The molecule has 0 spiro atoms. The third kappa shape index (κ3) is 5.67. The van der Waals surface area contributed by atoms with Gasteiger partial charge >= 0.3 is 0 Å². The maximum Gasteiger partial charge on any atom is 0.253 e. The lowest BCUT2D eigenvalue weighted by Crippen LogP contribution is -2.36. The summed E-state index contributed by atoms with van der Waals surface area (Å²) in [6.45, 7) is 1.51. The Morgan fingerprint density at radius 2 is 2.21 bits per heavy atom. The Balaban J connectivity index is 2.77. The van der Waals surface area contributed by atoms with Gasteiger partial charge in [0, 0.05) is 36.7 Å². The van der Waals surface area contributed by atoms with Crippen molar-refractivity contribution in [2.45, 2.75) is 6.42 Å². The topological polar surface area (TPSA) is 55.6 Å². The SMILES string of the molecule is COCCN(CCC(N)=S)C(=O)c1cccc(Br)c1. The summed E-state index contributed by atoms with van der Waals surface area (Å²) in [4.78, 5) is 14.5. The zero-order valence-electron chi connectivity index (χ0n) is 10.8. The number of amides is 1. The van der Waals surface area contributed by atoms with Crippen LogP contribution in [0.3, 0.4) is 0 Å². The molecule has 0 radical (unpaired) electrons. The highest BCUT2D eigenvalue weighted by molar-refractivity contribution is 9.10. The summed E-state index contributed by atoms with van der Waals surface area (Å²) in [5, 5.41) is 0. The lowest BCUT2D eigenvalue weighted by molar-refractivity contribution is 0.0701. The van der Waals surface area contributed by atoms with Crippen molar-refractivity contribution >= 4 is 39.0 Å². The van der Waals surface area contributed by atoms with Gasteiger partial charge in [-0.1, -0.05) is 34.2 Å². The smallest absolute Gasteiger partial charge is 0.253 e. The number of thiocarbonyl (C=S) groups is 1. The number of rotatable bonds is 7. The van der Waals surface area contributed by atoms with Crippen molar-refractivity contribution in [1.82, 2.24) is 4.90 Å². The first-order chi connectivity index (χ1) is 9.04. The van der Waals surface area contributed by atoms with Gasteiger partial charge in [0.05, 0.1) is 11.6 Å². The summed E-state index contributed by atoms with van der Waals surface area (Å²) < 4.78 is 5.90. The predicted molar refractivity (Wildman–Crippen MR) is 83.3 cm³/mol. The van der Waals surface area contributed by atoms with Crippen molar-refractivity contribution in [3.63, 3.8) is 0 Å². The van der Waals surface area contributed by atoms with Gasteiger partial charge in [-0.25, -0.2) is 0 Å². The molecule has 4 nitrogen and oxygen atoms in total. The third-order valence-electron chi connectivity index (χ3n) is 2.55. The van der Waals surface area contributed by atoms with Gasteiger partial charge in [-0.2, -0.15) is 0 Å². The molecule has 6 heteroatoms. The van der Waals surface area contributed by atoms with Crippen molar-refractivity contribution in [2.75, 3.05) is 26.8 Å². The van der Waals surface area contributed by atoms with Crippen molar-refractivity contribution in [3.8, 4) is 0 Å². The molecule has 0 atom stereocenters. The van der Waals surface area contributed by atoms with Gasteiger partial charge in [-0.3, -0.25) is 4.79 Å². The number of methoxy groups -OCH3 is 1. The first-order valence-corrected chi connectivity index (χ1v) is 7.07. The van der Waals surface area contributed by atoms with Gasteiger partial charge in [0.15, 0.2) is 0 Å². The molecule has 0 aliphatic carbocycles. The first kappa shape index (κ1) is 16.1. The number of carbonyl (C=O) groups is 1. The molecule has 1 aromatic rings. The highest BCUT2D eigenvalue weighted by atomic mass is 79.9. The second kappa shape index (κ2) is 8.24. The van der Waals surface area contributed by atoms with Gasteiger partial charge in [-0.05, 0) is 18.2 Å². The van der Waals surface area contributed by atoms with E-state index in [1.54, 1.807) is 24.1 Å². The van der Waals surface area contributed by atoms with Crippen LogP contribution in [0.2, 0.25) is 0 Å². The molecule has 0 aliphatic rings. The molecule has 0 bridgehead atoms. The predicted octanol–water partition coefficient (Wildman–Crippen LogP) is 2.21. The Morgan fingerprint density at radius 3 is 2.79 bits per heavy atom. The summed E-state index contributed by atoms with van der Waals surface area (Å²) in [7, 11) is 1.61. The summed E-state index contributed by atoms with van der Waals surface area (Å²) in [5.74, 6) is -0.0467. The number of hydrogen-bond acceptors (Lipinski definition) is 3. The molecule has 0 heterocycles. The van der Waals surface area contributed by atoms with Crippen molar-refractivity contribution in [2.24, 2.45) is 5.73 Å². The van der Waals surface area contributed by atoms with Gasteiger partial charge in [0.25, 0.3) is 5.91 Å². The van der Waals surface area contributed by atoms with E-state index in [0.29, 0.717) is 36.7 Å². The highest BCUT2D eigenvalue weighted by Gasteiger charge is 2.15. The fourth-order valence-electron chi connectivity index (χ4n) is 1.57. The monoisotopic (exact) mass is 344 g/mol. The normalized spacial score (nSPS) is 10.2. The second-order valence-electron chi connectivity index (χ2n) is 4.01. The lowest BCUT2D eigenvalue weighted by Gasteiger charge is -2.22. The lowest BCUT2D eigenvalue weighted by atomic mass is 10.2. The number of hydrogen-bond donors (Lipinski definition) is 1. The summed E-state index contributed by atoms with van der Waals surface area (Å²) >= 11 is 8.21. The Labute approximate surface area is 127 Å². The molecule has 1 rings (SSSR count). The molecule has 1 amide bonds. The van der Waals surface area contributed by atoms with Crippen LogP contribution in [0.5, 0.6) is 0 Å². The minimum absolute atomic E-state index is 0.0467. The van der Waals surface area contributed by atoms with Crippen molar-refractivity contribution in [3.05, 3.63) is 34.3 Å². The Hall–Kier alpha value is -0.980. The van der Waals surface area contributed by atoms with Gasteiger partial charge in [0.2, 0.25) is 0 Å². The van der Waals surface area contributed by atoms with E-state index in [1.807, 2.05) is 12.1 Å². The Kier molecular flexibility index (Phi) is 6.97. The molecular weight excluding hydrogens is 328 g/mol. The average Bonchev–Trinajstić information content (AvgIpc) is 2.38. The molecule has 0 saturated heterocycles. The van der Waals surface area contributed by atoms with E-state index in [0.717, 1.165) is 4.47 Å². The second-order valence-corrected chi connectivity index (χ2v) is 5.45. The third-order valence-corrected chi connectivity index (χ3v) is 3.25. The van der Waals surface area contributed by atoms with Crippen LogP contribution in [0.25, 0.3) is 0 Å². The molecule has 0 aliphatic heterocycles. The Morgan fingerprint density at radius 1 is 1.47 bits per heavy atom. The van der Waals surface area contributed by atoms with Gasteiger partial charge < -0.3 is 15.4 Å². The number of benzene rings is 1. The molecule has 0 fully saturated rings. The van der Waals surface area contributed by atoms with E-state index in [-0.39, 0.29) is 5.91 Å². The summed E-state index contributed by atoms with van der Waals surface area (Å²) in [6.07, 6.45) is 0.513. The number of carbonyl (C=O) groups excluding carboxylic acids is 1. The van der Waals surface area contributed by atoms with Crippen LogP contribution in [0.1, 0.15) is 16.8 Å². The molecule has 0 saturated carbocycles. The molecule has 0 unspecified atom stereocenters. The highest BCUT2D eigenvalue weighted by Crippen LogP contribution is 2.13. The molecule has 2 N–H and O–H groups in total. The number of nitrogens with two attached hydrogens (primary N) is 1. The molecule has 19 heavy (non-hydrogen) atoms. The molecule has 1 aromatic carbocycles. The first-order valence-electron chi connectivity index (χ1n) is 5.86. The van der Waals surface area contributed by atoms with Crippen LogP contribution in [0, 0.1) is 0 Å². The van der Waals surface area contributed by atoms with E-state index in [2.05, 4.69) is 15.9 Å². The maximum absolute atomic E-state index is 12.4. The fraction of sp³-hybridized carbons (Fsp3) is 0.385. The number of nitrogens with zero attached hydrogens (tertiary/aromatic N) is 1. The van der Waals surface area contributed by atoms with E-state index >= 15 is 0 Å². The Bertz CT molecular complexity index is 454. The average molecular weight is 345 g/mol. The van der Waals surface area contributed by atoms with Crippen LogP contribution in [0.15, 0.2) is 28.7 Å². The van der Waals surface area contributed by atoms with E-state index in [1.165, 1.54) is 0 Å². The van der Waals surface area contributed by atoms with Crippen LogP contribution in [-0.4, -0.2) is 42.6 Å². The van der Waals surface area contributed by atoms with Crippen LogP contribution >= 0.6 is 28.1 Å². The quantitative estimate of drug-likeness (QED) is 0.770. The van der Waals surface area contributed by atoms with E-state index in [4.69, 9.17) is 22.7 Å². The minimum Gasteiger partial charge on any atom is -0.393 e. The number of ether oxygens (including phenoxy) is 1. The molecular formula is C13H17BrN2O2S. The maximum atomic E-state index is 12.4.